The number of aliphatic hydroxyl groups is 1. The van der Waals surface area contributed by atoms with Crippen LogP contribution in [-0.2, 0) is 14.2 Å². The molecular weight excluding hydrogens is 345 g/mol. The quantitative estimate of drug-likeness (QED) is 0.704. The van der Waals surface area contributed by atoms with Crippen molar-refractivity contribution < 1.29 is 28.5 Å². The number of carbonyl (C=O) groups excluding carboxylic acids is 1. The minimum Gasteiger partial charge on any atom is -0.389 e. The molecule has 3 fully saturated rings. The van der Waals surface area contributed by atoms with Crippen LogP contribution in [0.25, 0.3) is 0 Å². The van der Waals surface area contributed by atoms with Crippen molar-refractivity contribution in [1.29, 1.82) is 0 Å². The van der Waals surface area contributed by atoms with Gasteiger partial charge >= 0.3 is 6.03 Å². The first-order valence-electron chi connectivity index (χ1n) is 8.72. The first kappa shape index (κ1) is 17.6. The van der Waals surface area contributed by atoms with E-state index in [0.717, 1.165) is 0 Å². The summed E-state index contributed by atoms with van der Waals surface area (Å²) in [6.07, 6.45) is -1.75. The molecule has 0 saturated carbocycles. The zero-order valence-electron chi connectivity index (χ0n) is 14.1. The number of hydrogen-bond donors (Lipinski definition) is 3. The standard InChI is InChI=1S/C17H22FN3O5/c18-10-1-3-11(4-2-10)19-17(23)20-13-12-9-25-16(26-12)14(15(13)22)21-5-7-24-8-6-21/h1-4,12-16,22H,5-9H2,(H2,19,20,23)/t12-,13-,14+,15-,16+/m0/s1. The van der Waals surface area contributed by atoms with Crippen LogP contribution in [0.2, 0.25) is 0 Å². The van der Waals surface area contributed by atoms with Gasteiger partial charge in [0.15, 0.2) is 6.29 Å². The number of anilines is 1. The number of urea groups is 1. The second-order valence-corrected chi connectivity index (χ2v) is 6.64. The Balaban J connectivity index is 1.43. The number of hydrogen-bond acceptors (Lipinski definition) is 6. The second kappa shape index (κ2) is 7.45. The largest absolute Gasteiger partial charge is 0.389 e. The third-order valence-corrected chi connectivity index (χ3v) is 5.00. The smallest absolute Gasteiger partial charge is 0.319 e. The van der Waals surface area contributed by atoms with E-state index in [0.29, 0.717) is 38.6 Å². The van der Waals surface area contributed by atoms with Crippen molar-refractivity contribution in [2.45, 2.75) is 30.6 Å². The molecule has 3 aliphatic rings. The van der Waals surface area contributed by atoms with E-state index in [1.54, 1.807) is 0 Å². The number of rotatable bonds is 3. The van der Waals surface area contributed by atoms with Gasteiger partial charge in [-0.3, -0.25) is 4.90 Å². The molecule has 3 N–H and O–H groups in total. The fourth-order valence-electron chi connectivity index (χ4n) is 3.70. The van der Waals surface area contributed by atoms with Crippen molar-refractivity contribution in [1.82, 2.24) is 10.2 Å². The second-order valence-electron chi connectivity index (χ2n) is 6.64. The van der Waals surface area contributed by atoms with Gasteiger partial charge in [-0.1, -0.05) is 0 Å². The van der Waals surface area contributed by atoms with Gasteiger partial charge in [0.2, 0.25) is 0 Å². The van der Waals surface area contributed by atoms with E-state index in [4.69, 9.17) is 14.2 Å². The summed E-state index contributed by atoms with van der Waals surface area (Å²) in [5, 5.41) is 16.3. The Labute approximate surface area is 150 Å². The first-order valence-corrected chi connectivity index (χ1v) is 8.72. The molecule has 0 aliphatic carbocycles. The summed E-state index contributed by atoms with van der Waals surface area (Å²) in [7, 11) is 0. The highest BCUT2D eigenvalue weighted by Gasteiger charge is 2.52. The van der Waals surface area contributed by atoms with Gasteiger partial charge in [0.25, 0.3) is 0 Å². The molecule has 4 rings (SSSR count). The number of nitrogens with one attached hydrogen (secondary N) is 2. The van der Waals surface area contributed by atoms with E-state index in [-0.39, 0.29) is 11.9 Å². The summed E-state index contributed by atoms with van der Waals surface area (Å²) in [6, 6.07) is 3.99. The average molecular weight is 367 g/mol. The van der Waals surface area contributed by atoms with Gasteiger partial charge in [-0.25, -0.2) is 9.18 Å². The Morgan fingerprint density at radius 2 is 1.96 bits per heavy atom. The van der Waals surface area contributed by atoms with E-state index < -0.39 is 30.6 Å². The average Bonchev–Trinajstić information content (AvgIpc) is 3.07. The van der Waals surface area contributed by atoms with Gasteiger partial charge in [-0.15, -0.1) is 0 Å². The molecular formula is C17H22FN3O5. The lowest BCUT2D eigenvalue weighted by atomic mass is 9.94. The molecule has 3 saturated heterocycles. The number of ether oxygens (including phenoxy) is 3. The Morgan fingerprint density at radius 3 is 2.69 bits per heavy atom. The van der Waals surface area contributed by atoms with Gasteiger partial charge in [-0.2, -0.15) is 0 Å². The topological polar surface area (TPSA) is 92.3 Å². The molecule has 1 aromatic rings. The van der Waals surface area contributed by atoms with E-state index in [1.807, 2.05) is 0 Å². The molecule has 2 bridgehead atoms. The molecule has 3 heterocycles. The SMILES string of the molecule is O=C(Nc1ccc(F)cc1)N[C@@H]1[C@H](O)[C@@H](N2CCOCC2)[C@@H]2OC[C@@H]1O2. The van der Waals surface area contributed by atoms with E-state index >= 15 is 0 Å². The van der Waals surface area contributed by atoms with Crippen LogP contribution in [0.15, 0.2) is 24.3 Å². The van der Waals surface area contributed by atoms with Crippen LogP contribution in [-0.4, -0.2) is 79.5 Å². The molecule has 0 spiro atoms. The van der Waals surface area contributed by atoms with Gasteiger partial charge in [0.1, 0.15) is 11.9 Å². The zero-order chi connectivity index (χ0) is 18.1. The van der Waals surface area contributed by atoms with Gasteiger partial charge in [0, 0.05) is 18.8 Å². The van der Waals surface area contributed by atoms with Crippen molar-refractivity contribution in [3.8, 4) is 0 Å². The minimum absolute atomic E-state index is 0.310. The highest BCUT2D eigenvalue weighted by molar-refractivity contribution is 5.89. The predicted octanol–water partition coefficient (Wildman–Crippen LogP) is 0.133. The van der Waals surface area contributed by atoms with Crippen LogP contribution in [0, 0.1) is 5.82 Å². The third-order valence-electron chi connectivity index (χ3n) is 5.00. The molecule has 0 unspecified atom stereocenters. The van der Waals surface area contributed by atoms with E-state index in [2.05, 4.69) is 15.5 Å². The fraction of sp³-hybridized carbons (Fsp3) is 0.588. The van der Waals surface area contributed by atoms with Gasteiger partial charge in [-0.05, 0) is 24.3 Å². The fourth-order valence-corrected chi connectivity index (χ4v) is 3.70. The molecule has 0 radical (unpaired) electrons. The number of nitrogens with zero attached hydrogens (tertiary/aromatic N) is 1. The summed E-state index contributed by atoms with van der Waals surface area (Å²) in [4.78, 5) is 14.4. The summed E-state index contributed by atoms with van der Waals surface area (Å²) in [6.45, 7) is 2.82. The zero-order valence-corrected chi connectivity index (χ0v) is 14.1. The Bertz CT molecular complexity index is 640. The van der Waals surface area contributed by atoms with Crippen LogP contribution in [0.3, 0.4) is 0 Å². The monoisotopic (exact) mass is 367 g/mol. The maximum atomic E-state index is 13.0. The van der Waals surface area contributed by atoms with Gasteiger partial charge < -0.3 is 30.0 Å². The Hall–Kier alpha value is -1.78. The minimum atomic E-state index is -0.835. The number of amides is 2. The lowest BCUT2D eigenvalue weighted by molar-refractivity contribution is -0.189. The van der Waals surface area contributed by atoms with E-state index in [9.17, 15) is 14.3 Å². The normalized spacial score (nSPS) is 34.5. The third kappa shape index (κ3) is 3.53. The molecule has 0 aromatic heterocycles. The van der Waals surface area contributed by atoms with E-state index in [1.165, 1.54) is 24.3 Å². The number of benzene rings is 1. The number of carbonyl (C=O) groups is 1. The molecule has 2 amide bonds. The maximum Gasteiger partial charge on any atom is 0.319 e. The van der Waals surface area contributed by atoms with Crippen LogP contribution >= 0.6 is 0 Å². The predicted molar refractivity (Wildman–Crippen MR) is 89.1 cm³/mol. The summed E-state index contributed by atoms with van der Waals surface area (Å²) >= 11 is 0. The van der Waals surface area contributed by atoms with Crippen LogP contribution in [0.5, 0.6) is 0 Å². The summed E-state index contributed by atoms with van der Waals surface area (Å²) in [5.74, 6) is -0.380. The summed E-state index contributed by atoms with van der Waals surface area (Å²) < 4.78 is 29.9. The summed E-state index contributed by atoms with van der Waals surface area (Å²) in [5.41, 5.74) is 0.459. The Morgan fingerprint density at radius 1 is 1.23 bits per heavy atom. The van der Waals surface area contributed by atoms with Crippen LogP contribution in [0.1, 0.15) is 0 Å². The number of halogens is 1. The van der Waals surface area contributed by atoms with Crippen molar-refractivity contribution >= 4 is 11.7 Å². The van der Waals surface area contributed by atoms with Crippen LogP contribution < -0.4 is 10.6 Å². The number of fused-ring (bicyclic) bond motifs is 2. The molecule has 9 heteroatoms. The molecule has 5 atom stereocenters. The molecule has 8 nitrogen and oxygen atoms in total. The van der Waals surface area contributed by atoms with Crippen molar-refractivity contribution in [3.63, 3.8) is 0 Å². The Kier molecular flexibility index (Phi) is 5.05. The molecule has 1 aromatic carbocycles. The van der Waals surface area contributed by atoms with Crippen molar-refractivity contribution in [2.24, 2.45) is 0 Å². The van der Waals surface area contributed by atoms with Gasteiger partial charge in [0.05, 0.1) is 38.0 Å². The highest BCUT2D eigenvalue weighted by atomic mass is 19.1. The van der Waals surface area contributed by atoms with Crippen molar-refractivity contribution in [2.75, 3.05) is 38.2 Å². The van der Waals surface area contributed by atoms with Crippen molar-refractivity contribution in [3.05, 3.63) is 30.1 Å². The highest BCUT2D eigenvalue weighted by Crippen LogP contribution is 2.31. The maximum absolute atomic E-state index is 13.0. The number of aliphatic hydroxyl groups excluding tert-OH is 1. The first-order chi connectivity index (χ1) is 12.6. The molecule has 142 valence electrons. The molecule has 26 heavy (non-hydrogen) atoms. The lowest BCUT2D eigenvalue weighted by Crippen LogP contribution is -2.66. The van der Waals surface area contributed by atoms with Crippen LogP contribution in [0.4, 0.5) is 14.9 Å². The molecule has 3 aliphatic heterocycles. The number of morpholine rings is 1. The lowest BCUT2D eigenvalue weighted by Gasteiger charge is -2.44.